The molecule has 2 aliphatic heterocycles. The highest BCUT2D eigenvalue weighted by atomic mass is 15.2. The molecule has 0 aromatic heterocycles. The van der Waals surface area contributed by atoms with Gasteiger partial charge < -0.3 is 9.80 Å². The molecule has 2 spiro atoms. The van der Waals surface area contributed by atoms with Crippen molar-refractivity contribution in [1.82, 2.24) is 0 Å². The van der Waals surface area contributed by atoms with E-state index in [4.69, 9.17) is 0 Å². The van der Waals surface area contributed by atoms with Gasteiger partial charge in [-0.25, -0.2) is 0 Å². The van der Waals surface area contributed by atoms with Crippen LogP contribution in [0.4, 0.5) is 34.1 Å². The predicted molar refractivity (Wildman–Crippen MR) is 318 cm³/mol. The maximum atomic E-state index is 2.58. The van der Waals surface area contributed by atoms with Crippen molar-refractivity contribution in [2.24, 2.45) is 0 Å². The molecule has 0 radical (unpaired) electrons. The molecule has 12 aromatic rings. The van der Waals surface area contributed by atoms with E-state index >= 15 is 0 Å². The topological polar surface area (TPSA) is 6.48 Å². The lowest BCUT2D eigenvalue weighted by atomic mass is 9.33. The largest absolute Gasteiger partial charge is 0.311 e. The van der Waals surface area contributed by atoms with Crippen molar-refractivity contribution in [3.63, 3.8) is 0 Å². The zero-order valence-electron chi connectivity index (χ0n) is 42.0. The van der Waals surface area contributed by atoms with Crippen LogP contribution in [-0.2, 0) is 10.8 Å². The van der Waals surface area contributed by atoms with Crippen LogP contribution in [0.5, 0.6) is 0 Å². The summed E-state index contributed by atoms with van der Waals surface area (Å²) in [5, 5.41) is 0. The normalized spacial score (nSPS) is 14.9. The summed E-state index contributed by atoms with van der Waals surface area (Å²) in [6.07, 6.45) is 0. The van der Waals surface area contributed by atoms with E-state index in [1.165, 1.54) is 139 Å². The van der Waals surface area contributed by atoms with Crippen molar-refractivity contribution in [2.45, 2.75) is 10.8 Å². The fraction of sp³-hybridized carbons (Fsp3) is 0.0270. The molecular weight excluding hydrogens is 928 g/mol. The lowest BCUT2D eigenvalue weighted by Gasteiger charge is -2.44. The Morgan fingerprint density at radius 1 is 0.234 bits per heavy atom. The molecule has 77 heavy (non-hydrogen) atoms. The van der Waals surface area contributed by atoms with Gasteiger partial charge in [0.25, 0.3) is 6.71 Å². The second kappa shape index (κ2) is 15.0. The summed E-state index contributed by atoms with van der Waals surface area (Å²) in [7, 11) is 0. The van der Waals surface area contributed by atoms with Gasteiger partial charge in [0.1, 0.15) is 0 Å². The van der Waals surface area contributed by atoms with Gasteiger partial charge in [0.05, 0.1) is 10.8 Å². The van der Waals surface area contributed by atoms with Gasteiger partial charge in [-0.1, -0.05) is 224 Å². The molecule has 0 atom stereocenters. The molecular formula is C74H45BN2. The third-order valence-corrected chi connectivity index (χ3v) is 18.5. The third-order valence-electron chi connectivity index (χ3n) is 18.5. The summed E-state index contributed by atoms with van der Waals surface area (Å²) >= 11 is 0. The molecule has 0 unspecified atom stereocenters. The first-order valence-electron chi connectivity index (χ1n) is 27.1. The highest BCUT2D eigenvalue weighted by molar-refractivity contribution is 7.00. The van der Waals surface area contributed by atoms with E-state index in [-0.39, 0.29) is 6.71 Å². The van der Waals surface area contributed by atoms with Gasteiger partial charge in [0.15, 0.2) is 0 Å². The summed E-state index contributed by atoms with van der Waals surface area (Å²) < 4.78 is 0. The number of para-hydroxylation sites is 1. The second-order valence-electron chi connectivity index (χ2n) is 21.7. The number of rotatable bonds is 3. The molecule has 2 nitrogen and oxygen atoms in total. The van der Waals surface area contributed by atoms with Gasteiger partial charge in [-0.15, -0.1) is 0 Å². The summed E-state index contributed by atoms with van der Waals surface area (Å²) in [6.45, 7) is -0.0154. The smallest absolute Gasteiger partial charge is 0.252 e. The highest BCUT2D eigenvalue weighted by Gasteiger charge is 2.54. The summed E-state index contributed by atoms with van der Waals surface area (Å²) in [6, 6.07) is 104. The number of benzene rings is 12. The lowest BCUT2D eigenvalue weighted by Crippen LogP contribution is -2.61. The Morgan fingerprint density at radius 3 is 1.06 bits per heavy atom. The van der Waals surface area contributed by atoms with E-state index in [0.717, 1.165) is 11.4 Å². The van der Waals surface area contributed by atoms with Crippen molar-refractivity contribution in [3.05, 3.63) is 317 Å². The Hall–Kier alpha value is -9.70. The van der Waals surface area contributed by atoms with E-state index in [2.05, 4.69) is 283 Å². The molecule has 0 bridgehead atoms. The Morgan fingerprint density at radius 2 is 0.597 bits per heavy atom. The zero-order valence-corrected chi connectivity index (χ0v) is 42.0. The maximum Gasteiger partial charge on any atom is 0.252 e. The Bertz CT molecular complexity index is 4460. The number of hydrogen-bond acceptors (Lipinski definition) is 2. The predicted octanol–water partition coefficient (Wildman–Crippen LogP) is 16.1. The molecule has 6 aliphatic rings. The Kier molecular flexibility index (Phi) is 8.11. The van der Waals surface area contributed by atoms with Gasteiger partial charge in [0.2, 0.25) is 0 Å². The van der Waals surface area contributed by atoms with Crippen LogP contribution in [-0.4, -0.2) is 6.71 Å². The summed E-state index contributed by atoms with van der Waals surface area (Å²) in [4.78, 5) is 5.14. The molecule has 0 N–H and O–H groups in total. The molecule has 18 rings (SSSR count). The quantitative estimate of drug-likeness (QED) is 0.163. The molecule has 0 saturated heterocycles. The zero-order chi connectivity index (χ0) is 50.1. The van der Waals surface area contributed by atoms with E-state index in [9.17, 15) is 0 Å². The Labute approximate surface area is 448 Å². The SMILES string of the molecule is c1ccc(-c2ccc3c(c2)B2c4ccccc4N(c4ccc5c(c4)-c4ccccc4C54c5ccccc5-c5ccccc54)c4cccc(c42)N3c2ccc3c(c2)-c2ccccc2C32c3ccccc3-c3ccccc32)cc1. The van der Waals surface area contributed by atoms with E-state index in [1.54, 1.807) is 0 Å². The molecule has 12 aromatic carbocycles. The minimum Gasteiger partial charge on any atom is -0.311 e. The number of hydrogen-bond donors (Lipinski definition) is 0. The average molecular weight is 973 g/mol. The van der Waals surface area contributed by atoms with Crippen molar-refractivity contribution in [3.8, 4) is 55.6 Å². The van der Waals surface area contributed by atoms with Crippen LogP contribution in [0.2, 0.25) is 0 Å². The standard InChI is InChI=1S/C74H45BN2/c1-2-19-46(20-3-1)47-37-42-69-67(43-47)75-66-33-16-17-34-68(66)76(48-38-40-64-56(44-48)54-25-8-14-31-62(54)73(64)58-27-10-4-21-50(58)51-22-5-11-28-59(51)73)70-35-18-36-71(72(70)75)77(69)49-39-41-65-57(45-49)55-26-9-15-32-63(55)74(65)60-29-12-6-23-52(60)53-24-7-13-30-61(53)74/h1-45H. The van der Waals surface area contributed by atoms with Crippen LogP contribution >= 0.6 is 0 Å². The van der Waals surface area contributed by atoms with E-state index in [0.29, 0.717) is 0 Å². The van der Waals surface area contributed by atoms with Crippen LogP contribution in [0.1, 0.15) is 44.5 Å². The second-order valence-corrected chi connectivity index (χ2v) is 21.7. The first-order valence-corrected chi connectivity index (χ1v) is 27.1. The molecule has 4 aliphatic carbocycles. The van der Waals surface area contributed by atoms with Crippen molar-refractivity contribution >= 4 is 57.2 Å². The average Bonchev–Trinajstić information content (AvgIpc) is 4.40. The minimum absolute atomic E-state index is 0.0154. The van der Waals surface area contributed by atoms with Crippen molar-refractivity contribution in [1.29, 1.82) is 0 Å². The number of anilines is 6. The molecule has 354 valence electrons. The molecule has 0 amide bonds. The molecule has 3 heteroatoms. The van der Waals surface area contributed by atoms with Gasteiger partial charge in [0, 0.05) is 34.1 Å². The van der Waals surface area contributed by atoms with Crippen LogP contribution in [0.15, 0.2) is 273 Å². The van der Waals surface area contributed by atoms with Crippen LogP contribution < -0.4 is 26.2 Å². The first kappa shape index (κ1) is 41.6. The molecule has 0 saturated carbocycles. The van der Waals surface area contributed by atoms with Gasteiger partial charge in [-0.2, -0.15) is 0 Å². The molecule has 2 heterocycles. The summed E-state index contributed by atoms with van der Waals surface area (Å²) in [5.74, 6) is 0. The van der Waals surface area contributed by atoms with Crippen LogP contribution in [0, 0.1) is 0 Å². The van der Waals surface area contributed by atoms with Gasteiger partial charge in [-0.3, -0.25) is 0 Å². The number of nitrogens with zero attached hydrogens (tertiary/aromatic N) is 2. The number of fused-ring (bicyclic) bond motifs is 24. The van der Waals surface area contributed by atoms with E-state index in [1.807, 2.05) is 0 Å². The van der Waals surface area contributed by atoms with Gasteiger partial charge in [-0.05, 0) is 165 Å². The van der Waals surface area contributed by atoms with E-state index < -0.39 is 10.8 Å². The van der Waals surface area contributed by atoms with Gasteiger partial charge >= 0.3 is 0 Å². The minimum atomic E-state index is -0.413. The fourth-order valence-electron chi connectivity index (χ4n) is 15.7. The third kappa shape index (κ3) is 5.08. The lowest BCUT2D eigenvalue weighted by molar-refractivity contribution is 0.794. The molecule has 0 fully saturated rings. The van der Waals surface area contributed by atoms with Crippen LogP contribution in [0.3, 0.4) is 0 Å². The maximum absolute atomic E-state index is 2.58. The fourth-order valence-corrected chi connectivity index (χ4v) is 15.7. The first-order chi connectivity index (χ1) is 38.2. The van der Waals surface area contributed by atoms with Crippen molar-refractivity contribution < 1.29 is 0 Å². The summed E-state index contributed by atoms with van der Waals surface area (Å²) in [5.41, 5.74) is 34.0. The van der Waals surface area contributed by atoms with Crippen molar-refractivity contribution in [2.75, 3.05) is 9.80 Å². The highest BCUT2D eigenvalue weighted by Crippen LogP contribution is 2.65. The monoisotopic (exact) mass is 972 g/mol. The Balaban J connectivity index is 0.866. The van der Waals surface area contributed by atoms with Crippen LogP contribution in [0.25, 0.3) is 55.6 Å².